The number of benzene rings is 1. The fraction of sp³-hybridized carbons (Fsp3) is 0.538. The number of phenols is 1. The molecule has 0 atom stereocenters. The minimum absolute atomic E-state index is 0.0350. The molecule has 1 fully saturated rings. The molecule has 0 bridgehead atoms. The minimum atomic E-state index is -3.33. The second kappa shape index (κ2) is 4.16. The third-order valence-electron chi connectivity index (χ3n) is 3.08. The Bertz CT molecular complexity index is 554. The number of phenolic OH excluding ortho intramolecular Hbond substituents is 1. The van der Waals surface area contributed by atoms with Gasteiger partial charge >= 0.3 is 0 Å². The first-order valence-electron chi connectivity index (χ1n) is 6.05. The highest BCUT2D eigenvalue weighted by molar-refractivity contribution is 7.93. The van der Waals surface area contributed by atoms with E-state index in [1.165, 1.54) is 6.07 Å². The summed E-state index contributed by atoms with van der Waals surface area (Å²) in [5.41, 5.74) is 1.16. The second-order valence-electron chi connectivity index (χ2n) is 5.83. The molecule has 4 nitrogen and oxygen atoms in total. The topological polar surface area (TPSA) is 66.4 Å². The van der Waals surface area contributed by atoms with Crippen molar-refractivity contribution in [2.45, 2.75) is 44.3 Å². The van der Waals surface area contributed by atoms with Crippen molar-refractivity contribution in [3.05, 3.63) is 23.8 Å². The quantitative estimate of drug-likeness (QED) is 0.829. The number of nitrogens with one attached hydrogen (secondary N) is 1. The van der Waals surface area contributed by atoms with Gasteiger partial charge in [-0.2, -0.15) is 0 Å². The van der Waals surface area contributed by atoms with Crippen molar-refractivity contribution in [1.82, 2.24) is 0 Å². The van der Waals surface area contributed by atoms with Gasteiger partial charge in [0.05, 0.1) is 10.9 Å². The van der Waals surface area contributed by atoms with E-state index < -0.39 is 10.0 Å². The van der Waals surface area contributed by atoms with Crippen LogP contribution in [0, 0.1) is 0 Å². The maximum Gasteiger partial charge on any atom is 0.235 e. The summed E-state index contributed by atoms with van der Waals surface area (Å²) >= 11 is 0. The fourth-order valence-corrected chi connectivity index (χ4v) is 3.09. The molecular weight excluding hydrogens is 250 g/mol. The van der Waals surface area contributed by atoms with Crippen LogP contribution in [0.15, 0.2) is 18.2 Å². The molecule has 100 valence electrons. The van der Waals surface area contributed by atoms with E-state index in [2.05, 4.69) is 4.72 Å². The number of anilines is 1. The van der Waals surface area contributed by atoms with E-state index in [1.807, 2.05) is 26.8 Å². The van der Waals surface area contributed by atoms with Gasteiger partial charge in [-0.05, 0) is 36.0 Å². The Hall–Kier alpha value is -1.23. The number of aromatic hydroxyl groups is 1. The molecule has 18 heavy (non-hydrogen) atoms. The van der Waals surface area contributed by atoms with E-state index in [1.54, 1.807) is 6.07 Å². The zero-order valence-electron chi connectivity index (χ0n) is 10.9. The van der Waals surface area contributed by atoms with Crippen molar-refractivity contribution in [2.24, 2.45) is 0 Å². The predicted molar refractivity (Wildman–Crippen MR) is 72.4 cm³/mol. The Morgan fingerprint density at radius 3 is 2.39 bits per heavy atom. The number of sulfonamides is 1. The molecule has 2 rings (SSSR count). The van der Waals surface area contributed by atoms with E-state index in [0.717, 1.165) is 5.56 Å². The van der Waals surface area contributed by atoms with Gasteiger partial charge in [-0.15, -0.1) is 0 Å². The predicted octanol–water partition coefficient (Wildman–Crippen LogP) is 2.59. The summed E-state index contributed by atoms with van der Waals surface area (Å²) < 4.78 is 26.2. The Balaban J connectivity index is 2.32. The van der Waals surface area contributed by atoms with E-state index >= 15 is 0 Å². The highest BCUT2D eigenvalue weighted by Gasteiger charge is 2.36. The molecule has 0 amide bonds. The summed E-state index contributed by atoms with van der Waals surface area (Å²) in [6, 6.07) is 5.05. The molecule has 0 unspecified atom stereocenters. The number of hydrogen-bond donors (Lipinski definition) is 2. The van der Waals surface area contributed by atoms with Crippen LogP contribution in [0.1, 0.15) is 39.2 Å². The van der Waals surface area contributed by atoms with Gasteiger partial charge in [-0.25, -0.2) is 8.42 Å². The van der Waals surface area contributed by atoms with Crippen LogP contribution in [-0.2, 0) is 15.4 Å². The highest BCUT2D eigenvalue weighted by atomic mass is 32.2. The maximum absolute atomic E-state index is 11.9. The van der Waals surface area contributed by atoms with E-state index in [-0.39, 0.29) is 22.1 Å². The molecule has 1 aliphatic rings. The third kappa shape index (κ3) is 2.77. The molecule has 1 aromatic rings. The summed E-state index contributed by atoms with van der Waals surface area (Å²) in [6.07, 6.45) is 1.41. The molecule has 0 radical (unpaired) electrons. The van der Waals surface area contributed by atoms with Gasteiger partial charge in [0.1, 0.15) is 5.75 Å². The summed E-state index contributed by atoms with van der Waals surface area (Å²) in [4.78, 5) is 0. The lowest BCUT2D eigenvalue weighted by molar-refractivity contribution is 0.476. The lowest BCUT2D eigenvalue weighted by Gasteiger charge is -2.20. The lowest BCUT2D eigenvalue weighted by atomic mass is 9.87. The summed E-state index contributed by atoms with van der Waals surface area (Å²) in [5, 5.41) is 9.44. The molecule has 2 N–H and O–H groups in total. The van der Waals surface area contributed by atoms with Crippen LogP contribution < -0.4 is 4.72 Å². The molecule has 1 saturated carbocycles. The first kappa shape index (κ1) is 13.2. The largest absolute Gasteiger partial charge is 0.506 e. The summed E-state index contributed by atoms with van der Waals surface area (Å²) in [7, 11) is -3.33. The molecule has 0 saturated heterocycles. The van der Waals surface area contributed by atoms with Crippen molar-refractivity contribution in [3.8, 4) is 5.75 Å². The van der Waals surface area contributed by atoms with E-state index in [9.17, 15) is 13.5 Å². The van der Waals surface area contributed by atoms with Crippen molar-refractivity contribution < 1.29 is 13.5 Å². The smallest absolute Gasteiger partial charge is 0.235 e. The van der Waals surface area contributed by atoms with Crippen molar-refractivity contribution in [3.63, 3.8) is 0 Å². The molecule has 1 aromatic carbocycles. The number of hydrogen-bond acceptors (Lipinski definition) is 3. The Morgan fingerprint density at radius 1 is 1.28 bits per heavy atom. The summed E-state index contributed by atoms with van der Waals surface area (Å²) in [5.74, 6) is -0.0350. The molecule has 1 aliphatic carbocycles. The Kier molecular flexibility index (Phi) is 3.05. The molecular formula is C13H19NO3S. The third-order valence-corrected chi connectivity index (χ3v) is 4.93. The first-order valence-corrected chi connectivity index (χ1v) is 7.60. The standard InChI is InChI=1S/C13H19NO3S/c1-13(2,3)9-4-7-12(15)11(8-9)14-18(16,17)10-5-6-10/h4,7-8,10,14-15H,5-6H2,1-3H3. The SMILES string of the molecule is CC(C)(C)c1ccc(O)c(NS(=O)(=O)C2CC2)c1. The number of rotatable bonds is 3. The average Bonchev–Trinajstić information content (AvgIpc) is 3.02. The van der Waals surface area contributed by atoms with Crippen LogP contribution in [0.3, 0.4) is 0 Å². The van der Waals surface area contributed by atoms with E-state index in [4.69, 9.17) is 0 Å². The van der Waals surface area contributed by atoms with Crippen LogP contribution in [0.25, 0.3) is 0 Å². The van der Waals surface area contributed by atoms with Crippen LogP contribution in [0.5, 0.6) is 5.75 Å². The molecule has 0 heterocycles. The van der Waals surface area contributed by atoms with Crippen LogP contribution in [0.2, 0.25) is 0 Å². The van der Waals surface area contributed by atoms with Crippen molar-refractivity contribution in [1.29, 1.82) is 0 Å². The highest BCUT2D eigenvalue weighted by Crippen LogP contribution is 2.34. The van der Waals surface area contributed by atoms with Crippen LogP contribution in [0.4, 0.5) is 5.69 Å². The van der Waals surface area contributed by atoms with Crippen molar-refractivity contribution in [2.75, 3.05) is 4.72 Å². The lowest BCUT2D eigenvalue weighted by Crippen LogP contribution is -2.18. The first-order chi connectivity index (χ1) is 8.20. The maximum atomic E-state index is 11.9. The average molecular weight is 269 g/mol. The van der Waals surface area contributed by atoms with Gasteiger partial charge in [0.2, 0.25) is 10.0 Å². The summed E-state index contributed by atoms with van der Waals surface area (Å²) in [6.45, 7) is 6.12. The minimum Gasteiger partial charge on any atom is -0.506 e. The molecule has 5 heteroatoms. The molecule has 0 aromatic heterocycles. The Morgan fingerprint density at radius 2 is 1.89 bits per heavy atom. The van der Waals surface area contributed by atoms with Crippen LogP contribution in [-0.4, -0.2) is 18.8 Å². The van der Waals surface area contributed by atoms with Gasteiger partial charge in [0, 0.05) is 0 Å². The molecule has 0 spiro atoms. The zero-order chi connectivity index (χ0) is 13.6. The zero-order valence-corrected chi connectivity index (χ0v) is 11.7. The van der Waals surface area contributed by atoms with Gasteiger partial charge in [-0.1, -0.05) is 26.8 Å². The fourth-order valence-electron chi connectivity index (χ4n) is 1.70. The van der Waals surface area contributed by atoms with E-state index in [0.29, 0.717) is 12.8 Å². The molecule has 0 aliphatic heterocycles. The van der Waals surface area contributed by atoms with Gasteiger partial charge in [-0.3, -0.25) is 4.72 Å². The monoisotopic (exact) mass is 269 g/mol. The Labute approximate surface area is 108 Å². The van der Waals surface area contributed by atoms with Crippen LogP contribution >= 0.6 is 0 Å². The van der Waals surface area contributed by atoms with Gasteiger partial charge in [0.15, 0.2) is 0 Å². The van der Waals surface area contributed by atoms with Gasteiger partial charge < -0.3 is 5.11 Å². The van der Waals surface area contributed by atoms with Gasteiger partial charge in [0.25, 0.3) is 0 Å². The van der Waals surface area contributed by atoms with Crippen molar-refractivity contribution >= 4 is 15.7 Å². The normalized spacial score (nSPS) is 16.6. The second-order valence-corrected chi connectivity index (χ2v) is 7.79.